The van der Waals surface area contributed by atoms with Crippen molar-refractivity contribution >= 4 is 126 Å². The van der Waals surface area contributed by atoms with Gasteiger partial charge in [-0.3, -0.25) is 70.9 Å². The van der Waals surface area contributed by atoms with Crippen LogP contribution in [0.2, 0.25) is 0 Å². The molecule has 37 nitrogen and oxygen atoms in total. The van der Waals surface area contributed by atoms with Crippen LogP contribution in [0.25, 0.3) is 55.2 Å². The summed E-state index contributed by atoms with van der Waals surface area (Å²) in [5, 5.41) is 63.5. The molecule has 5 aliphatic heterocycles. The molecular formula is C92H108N30O7. The molecule has 37 heteroatoms. The van der Waals surface area contributed by atoms with Gasteiger partial charge in [0.05, 0.1) is 74.1 Å². The zero-order valence-corrected chi connectivity index (χ0v) is 75.6. The van der Waals surface area contributed by atoms with E-state index in [1.54, 1.807) is 51.7 Å². The minimum atomic E-state index is -0.139. The van der Waals surface area contributed by atoms with E-state index in [0.29, 0.717) is 50.6 Å². The third kappa shape index (κ3) is 19.2. The van der Waals surface area contributed by atoms with E-state index in [2.05, 4.69) is 101 Å². The van der Waals surface area contributed by atoms with Crippen LogP contribution in [-0.2, 0) is 152 Å². The molecule has 15 aromatic rings. The van der Waals surface area contributed by atoms with E-state index in [4.69, 9.17) is 4.42 Å². The van der Waals surface area contributed by atoms with Crippen molar-refractivity contribution in [2.45, 2.75) is 119 Å². The molecule has 6 N–H and O–H groups in total. The van der Waals surface area contributed by atoms with Crippen LogP contribution < -0.4 is 31.9 Å². The molecule has 0 bridgehead atoms. The highest BCUT2D eigenvalue weighted by atomic mass is 16.3. The number of carbonyl (C=O) groups is 6. The van der Waals surface area contributed by atoms with Crippen molar-refractivity contribution in [3.8, 4) is 22.5 Å². The molecule has 129 heavy (non-hydrogen) atoms. The summed E-state index contributed by atoms with van der Waals surface area (Å²) in [4.78, 5) is 84.7. The summed E-state index contributed by atoms with van der Waals surface area (Å²) >= 11 is 0. The molecule has 0 saturated heterocycles. The molecule has 5 aromatic carbocycles. The Bertz CT molecular complexity index is 6650. The molecule has 5 aliphatic rings. The predicted molar refractivity (Wildman–Crippen MR) is 492 cm³/mol. The topological polar surface area (TPSA) is 377 Å². The Balaban J connectivity index is 0.000000119. The average molecular weight is 1750 g/mol. The van der Waals surface area contributed by atoms with E-state index in [1.807, 2.05) is 243 Å². The van der Waals surface area contributed by atoms with Gasteiger partial charge >= 0.3 is 0 Å². The Morgan fingerprint density at radius 2 is 0.752 bits per heavy atom. The molecule has 15 heterocycles. The predicted octanol–water partition coefficient (Wildman–Crippen LogP) is 11.2. The summed E-state index contributed by atoms with van der Waals surface area (Å²) < 4.78 is 22.1. The first-order valence-corrected chi connectivity index (χ1v) is 43.0. The number of carbonyl (C=O) groups excluding carboxylic acids is 6. The first-order valence-electron chi connectivity index (χ1n) is 43.0. The SMILES string of the molecule is CC(=O)N1CCc2c(c(Nc3cc(C(=O)NC(C)C)cc(-c4cnn(C)c4)c3)nn2C)C1.CC(=O)N1CCc2c(c(Nc3ccc(-c4cnco4)cc3)nn2C)C1.CC(=O)N1CCc2c(c(Nc3ccc4c(cnn4C)c3)nn2C)C1.CC(=O)N1CCc2c(c(Nc3ccc4cnn(C)c4c3)nn2C)C1.CC(=O)N1CCc2c(c(Nc3ccc4nn(C)cc4c3)nn2C)C1. The molecule has 0 spiro atoms. The average Bonchev–Trinajstić information content (AvgIpc) is 1.63. The van der Waals surface area contributed by atoms with Crippen LogP contribution in [0.15, 0.2) is 145 Å². The molecule has 668 valence electrons. The van der Waals surface area contributed by atoms with Crippen molar-refractivity contribution < 1.29 is 33.2 Å². The van der Waals surface area contributed by atoms with Crippen LogP contribution in [0, 0.1) is 0 Å². The van der Waals surface area contributed by atoms with Gasteiger partial charge in [0, 0.05) is 299 Å². The summed E-state index contributed by atoms with van der Waals surface area (Å²) in [6, 6.07) is 31.9. The number of nitrogens with zero attached hydrogens (tertiary/aromatic N) is 24. The van der Waals surface area contributed by atoms with E-state index in [1.165, 1.54) is 29.2 Å². The van der Waals surface area contributed by atoms with E-state index in [0.717, 1.165) is 199 Å². The molecule has 6 amide bonds. The minimum absolute atomic E-state index is 0.0290. The van der Waals surface area contributed by atoms with Gasteiger partial charge in [-0.15, -0.1) is 0 Å². The zero-order chi connectivity index (χ0) is 90.9. The van der Waals surface area contributed by atoms with Crippen LogP contribution >= 0.6 is 0 Å². The maximum Gasteiger partial charge on any atom is 0.251 e. The van der Waals surface area contributed by atoms with Gasteiger partial charge in [-0.25, -0.2) is 4.98 Å². The third-order valence-electron chi connectivity index (χ3n) is 24.1. The Hall–Kier alpha value is -15.2. The largest absolute Gasteiger partial charge is 0.444 e. The number of amides is 6. The Kier molecular flexibility index (Phi) is 24.9. The molecule has 20 rings (SSSR count). The number of nitrogens with one attached hydrogen (secondary N) is 6. The van der Waals surface area contributed by atoms with Crippen LogP contribution in [0.3, 0.4) is 0 Å². The van der Waals surface area contributed by atoms with Gasteiger partial charge in [-0.2, -0.15) is 45.9 Å². The lowest BCUT2D eigenvalue weighted by Gasteiger charge is -2.26. The Morgan fingerprint density at radius 3 is 1.18 bits per heavy atom. The standard InChI is InChI=1S/C23H29N7O2.C18H19N5O2.3C17H20N6O/c1-14(2)25-23(32)17-8-16(18-11-24-28(4)12-18)9-19(10-17)26-22-20-13-30(15(3)31)7-6-21(20)29(5)27-22;1-12(24)23-8-7-16-15(10-23)18(21-22(16)2)20-14-5-3-13(4-6-14)17-9-19-11-25-17;1-11(24)23-7-6-16-14(10-23)17(20-22(16)3)18-13-4-5-15-12(8-13)9-21(2)19-15;1-11(24)23-7-6-16-14(10-23)17(20-22(16)3)19-13-4-5-15-12(8-13)9-18-21(15)2;1-11(24)23-7-6-15-14(10-23)17(20-22(15)3)19-13-5-4-12-9-18-21(2)16(12)8-13/h8-12,14H,6-7,13H2,1-5H3,(H,25,32)(H,26,27);3-6,9,11H,7-8,10H2,1-2H3,(H,20,21);4-5,8-9H,6-7,10H2,1-3H3,(H,18,20);2*4-5,8-9H,6-7,10H2,1-3H3,(H,19,20). The fraction of sp³-hybridized carbons (Fsp3) is 0.348. The summed E-state index contributed by atoms with van der Waals surface area (Å²) in [6.45, 7) is 18.5. The quantitative estimate of drug-likeness (QED) is 0.0589. The number of oxazole rings is 1. The molecule has 0 saturated carbocycles. The monoisotopic (exact) mass is 1740 g/mol. The Labute approximate surface area is 745 Å². The smallest absolute Gasteiger partial charge is 0.251 e. The Morgan fingerprint density at radius 1 is 0.349 bits per heavy atom. The number of aromatic nitrogens is 19. The van der Waals surface area contributed by atoms with Crippen molar-refractivity contribution in [1.82, 2.24) is 123 Å². The van der Waals surface area contributed by atoms with Crippen LogP contribution in [0.5, 0.6) is 0 Å². The van der Waals surface area contributed by atoms with Gasteiger partial charge in [-0.1, -0.05) is 0 Å². The molecule has 10 aromatic heterocycles. The minimum Gasteiger partial charge on any atom is -0.444 e. The summed E-state index contributed by atoms with van der Waals surface area (Å²) in [6.07, 6.45) is 16.6. The number of fused-ring (bicyclic) bond motifs is 8. The fourth-order valence-electron chi connectivity index (χ4n) is 17.2. The number of benzene rings is 5. The van der Waals surface area contributed by atoms with E-state index < -0.39 is 0 Å². The van der Waals surface area contributed by atoms with Gasteiger partial charge < -0.3 is 60.8 Å². The number of rotatable bonds is 14. The second-order valence-electron chi connectivity index (χ2n) is 33.5. The fourth-order valence-corrected chi connectivity index (χ4v) is 17.2. The molecule has 0 radical (unpaired) electrons. The van der Waals surface area contributed by atoms with Crippen LogP contribution in [-0.4, -0.2) is 192 Å². The summed E-state index contributed by atoms with van der Waals surface area (Å²) in [7, 11) is 17.4. The van der Waals surface area contributed by atoms with Gasteiger partial charge in [-0.05, 0) is 116 Å². The summed E-state index contributed by atoms with van der Waals surface area (Å²) in [5.41, 5.74) is 22.3. The lowest BCUT2D eigenvalue weighted by Crippen LogP contribution is -2.34. The van der Waals surface area contributed by atoms with E-state index in [-0.39, 0.29) is 41.5 Å². The lowest BCUT2D eigenvalue weighted by atomic mass is 10.0. The van der Waals surface area contributed by atoms with E-state index >= 15 is 0 Å². The highest BCUT2D eigenvalue weighted by molar-refractivity contribution is 5.97. The highest BCUT2D eigenvalue weighted by Gasteiger charge is 2.32. The molecular weight excluding hydrogens is 1640 g/mol. The maximum atomic E-state index is 12.8. The lowest BCUT2D eigenvalue weighted by molar-refractivity contribution is -0.130. The number of anilines is 10. The number of hydrogen-bond donors (Lipinski definition) is 6. The van der Waals surface area contributed by atoms with Crippen molar-refractivity contribution in [3.63, 3.8) is 0 Å². The van der Waals surface area contributed by atoms with Crippen molar-refractivity contribution in [1.29, 1.82) is 0 Å². The molecule has 0 atom stereocenters. The first-order chi connectivity index (χ1) is 61.9. The van der Waals surface area contributed by atoms with Crippen molar-refractivity contribution in [2.75, 3.05) is 59.3 Å². The van der Waals surface area contributed by atoms with E-state index in [9.17, 15) is 28.8 Å². The molecule has 0 fully saturated rings. The van der Waals surface area contributed by atoms with Gasteiger partial charge in [0.25, 0.3) is 5.91 Å². The van der Waals surface area contributed by atoms with Crippen molar-refractivity contribution in [2.24, 2.45) is 63.4 Å². The van der Waals surface area contributed by atoms with Crippen LogP contribution in [0.4, 0.5) is 57.5 Å². The maximum absolute atomic E-state index is 12.8. The molecule has 0 unspecified atom stereocenters. The second kappa shape index (κ2) is 36.8. The third-order valence-corrected chi connectivity index (χ3v) is 24.1. The van der Waals surface area contributed by atoms with Gasteiger partial charge in [0.2, 0.25) is 29.5 Å². The zero-order valence-electron chi connectivity index (χ0n) is 75.6. The first kappa shape index (κ1) is 87.3. The molecule has 0 aliphatic carbocycles. The number of aryl methyl sites for hydroxylation is 9. The van der Waals surface area contributed by atoms with Gasteiger partial charge in [0.1, 0.15) is 0 Å². The second-order valence-corrected chi connectivity index (χ2v) is 33.5. The number of hydrogen-bond acceptors (Lipinski definition) is 22. The normalized spacial score (nSPS) is 13.8. The summed E-state index contributed by atoms with van der Waals surface area (Å²) in [5.74, 6) is 5.02. The van der Waals surface area contributed by atoms with Crippen molar-refractivity contribution in [3.05, 3.63) is 202 Å². The van der Waals surface area contributed by atoms with Crippen LogP contribution in [0.1, 0.15) is 115 Å². The van der Waals surface area contributed by atoms with Gasteiger partial charge in [0.15, 0.2) is 41.2 Å². The highest BCUT2D eigenvalue weighted by Crippen LogP contribution is 2.37.